The molecule has 0 atom stereocenters. The molecule has 132 heavy (non-hydrogen) atoms. The lowest BCUT2D eigenvalue weighted by molar-refractivity contribution is 0.660. The summed E-state index contributed by atoms with van der Waals surface area (Å²) in [6, 6.07) is 144. The Morgan fingerprint density at radius 1 is 0.174 bits per heavy atom. The summed E-state index contributed by atoms with van der Waals surface area (Å²) < 4.78 is 6.99. The first-order valence-corrected chi connectivity index (χ1v) is 45.1. The van der Waals surface area contributed by atoms with Crippen LogP contribution in [0.25, 0.3) is 207 Å². The summed E-state index contributed by atoms with van der Waals surface area (Å²) in [6.07, 6.45) is 0. The Hall–Kier alpha value is -16.8. The van der Waals surface area contributed by atoms with E-state index < -0.39 is 0 Å². The fraction of sp³-hybridized carbons (Fsp3) is 0.0750. The molecule has 0 spiro atoms. The Balaban J connectivity index is 0.000000110. The topological polar surface area (TPSA) is 131 Å². The maximum Gasteiger partial charge on any atom is 0.238 e. The molecular formula is C120H86N12. The predicted octanol–water partition coefficient (Wildman–Crippen LogP) is 29.2. The van der Waals surface area contributed by atoms with Crippen molar-refractivity contribution in [2.75, 3.05) is 0 Å². The standard InChI is InChI=1S/2C42H30N4.C36H26N4/c1-42(2)33-22-11-9-20-31(33)37-34(42)24-25-36-38(37)32-21-10-12-23-35(32)46(36)30-19-13-18-29(26-30)41-44-39(27-14-5-3-6-15-27)43-40(45-41)28-16-7-4-8-17-28;1-42(2)33-19-11-9-17-31(33)37-34(42)25-26-36-38(37)32-18-10-12-20-35(32)46(36)30-23-21-29(22-24-30)41-44-39(27-13-5-3-6-14-27)43-40(45-41)28-15-7-4-8-16-28;1-36(2)27-19-11-9-17-25(27)31-28(36)21-22-30-32(31)26-18-10-12-20-29(26)40(30)35-38-33(23-13-5-3-6-14-23)37-34(39-35)24-15-7-4-8-16-24/h2*3-26H,1-2H3;3-22H,1-2H3. The second kappa shape index (κ2) is 31.3. The number of benzene rings is 17. The van der Waals surface area contributed by atoms with Gasteiger partial charge in [-0.25, -0.2) is 34.9 Å². The lowest BCUT2D eigenvalue weighted by Crippen LogP contribution is -2.14. The number of hydrogen-bond acceptors (Lipinski definition) is 9. The van der Waals surface area contributed by atoms with Gasteiger partial charge in [0.2, 0.25) is 5.95 Å². The second-order valence-corrected chi connectivity index (χ2v) is 35.9. The van der Waals surface area contributed by atoms with Gasteiger partial charge in [0, 0.05) is 104 Å². The summed E-state index contributed by atoms with van der Waals surface area (Å²) in [5.41, 5.74) is 32.8. The van der Waals surface area contributed by atoms with Crippen LogP contribution in [0.2, 0.25) is 0 Å². The molecule has 0 saturated heterocycles. The first-order chi connectivity index (χ1) is 64.8. The predicted molar refractivity (Wildman–Crippen MR) is 539 cm³/mol. The molecule has 0 amide bonds. The number of para-hydroxylation sites is 3. The maximum atomic E-state index is 5.08. The summed E-state index contributed by atoms with van der Waals surface area (Å²) in [6.45, 7) is 14.0. The Kier molecular flexibility index (Phi) is 18.6. The Morgan fingerprint density at radius 2 is 0.424 bits per heavy atom. The van der Waals surface area contributed by atoms with Crippen molar-refractivity contribution in [3.63, 3.8) is 0 Å². The molecule has 0 bridgehead atoms. The van der Waals surface area contributed by atoms with E-state index in [4.69, 9.17) is 44.9 Å². The molecule has 6 heterocycles. The average Bonchev–Trinajstić information content (AvgIpc) is 1.55. The number of aromatic nitrogens is 12. The van der Waals surface area contributed by atoms with E-state index in [1.54, 1.807) is 0 Å². The van der Waals surface area contributed by atoms with Gasteiger partial charge in [0.15, 0.2) is 46.6 Å². The van der Waals surface area contributed by atoms with E-state index in [1.807, 2.05) is 182 Å². The average molecular weight is 1700 g/mol. The van der Waals surface area contributed by atoms with Crippen LogP contribution in [0.5, 0.6) is 0 Å². The quantitative estimate of drug-likeness (QED) is 0.124. The van der Waals surface area contributed by atoms with Gasteiger partial charge < -0.3 is 9.13 Å². The van der Waals surface area contributed by atoms with E-state index in [9.17, 15) is 0 Å². The van der Waals surface area contributed by atoms with Gasteiger partial charge in [0.1, 0.15) is 0 Å². The Morgan fingerprint density at radius 3 is 0.758 bits per heavy atom. The molecule has 0 unspecified atom stereocenters. The van der Waals surface area contributed by atoms with Crippen LogP contribution in [0.15, 0.2) is 413 Å². The molecule has 0 N–H and O–H groups in total. The van der Waals surface area contributed by atoms with Gasteiger partial charge in [-0.05, 0) is 140 Å². The normalized spacial score (nSPS) is 13.3. The van der Waals surface area contributed by atoms with Crippen LogP contribution in [0, 0.1) is 0 Å². The van der Waals surface area contributed by atoms with Gasteiger partial charge in [-0.2, -0.15) is 9.97 Å². The highest BCUT2D eigenvalue weighted by Gasteiger charge is 2.41. The largest absolute Gasteiger partial charge is 0.309 e. The molecule has 3 aliphatic carbocycles. The van der Waals surface area contributed by atoms with Gasteiger partial charge in [-0.15, -0.1) is 0 Å². The molecule has 12 heteroatoms. The summed E-state index contributed by atoms with van der Waals surface area (Å²) in [5.74, 6) is 5.86. The van der Waals surface area contributed by atoms with Crippen LogP contribution < -0.4 is 0 Å². The van der Waals surface area contributed by atoms with Crippen molar-refractivity contribution in [1.29, 1.82) is 0 Å². The number of fused-ring (bicyclic) bond motifs is 21. The Bertz CT molecular complexity index is 8340. The van der Waals surface area contributed by atoms with Crippen molar-refractivity contribution in [2.24, 2.45) is 0 Å². The van der Waals surface area contributed by atoms with E-state index in [0.717, 1.165) is 66.9 Å². The van der Waals surface area contributed by atoms with Crippen LogP contribution in [-0.2, 0) is 16.2 Å². The van der Waals surface area contributed by atoms with Crippen molar-refractivity contribution in [3.8, 4) is 142 Å². The fourth-order valence-electron chi connectivity index (χ4n) is 20.8. The zero-order valence-corrected chi connectivity index (χ0v) is 73.6. The summed E-state index contributed by atoms with van der Waals surface area (Å²) in [4.78, 5) is 44.7. The van der Waals surface area contributed by atoms with Crippen LogP contribution >= 0.6 is 0 Å². The molecule has 26 rings (SSSR count). The SMILES string of the molecule is CC1(C)c2ccccc2-c2c1ccc1c2c2ccccc2n1-c1ccc(-c2nc(-c3ccccc3)nc(-c3ccccc3)n2)cc1.CC1(C)c2ccccc2-c2c1ccc1c2c2ccccc2n1-c1cccc(-c2nc(-c3ccccc3)nc(-c3ccccc3)n2)c1.CC1(C)c2ccccc2-c2c1ccc1c2c2ccccc2n1-c1nc(-c2ccccc2)nc(-c2ccccc2)n1. The highest BCUT2D eigenvalue weighted by Crippen LogP contribution is 2.57. The highest BCUT2D eigenvalue weighted by atomic mass is 15.2. The number of hydrogen-bond donors (Lipinski definition) is 0. The second-order valence-electron chi connectivity index (χ2n) is 35.9. The molecule has 0 radical (unpaired) electrons. The molecule has 3 aliphatic rings. The number of rotatable bonds is 11. The molecular weight excluding hydrogens is 1610 g/mol. The van der Waals surface area contributed by atoms with Crippen LogP contribution in [0.4, 0.5) is 0 Å². The van der Waals surface area contributed by atoms with Crippen molar-refractivity contribution < 1.29 is 0 Å². The Labute approximate surface area is 764 Å². The van der Waals surface area contributed by atoms with Gasteiger partial charge in [0.05, 0.1) is 33.1 Å². The van der Waals surface area contributed by atoms with Crippen LogP contribution in [0.1, 0.15) is 74.9 Å². The van der Waals surface area contributed by atoms with E-state index in [-0.39, 0.29) is 16.2 Å². The van der Waals surface area contributed by atoms with Crippen LogP contribution in [-0.4, -0.2) is 58.6 Å². The summed E-state index contributed by atoms with van der Waals surface area (Å²) in [7, 11) is 0. The van der Waals surface area contributed by atoms with E-state index in [2.05, 4.69) is 286 Å². The molecule has 6 aromatic heterocycles. The van der Waals surface area contributed by atoms with Crippen molar-refractivity contribution >= 4 is 65.4 Å². The lowest BCUT2D eigenvalue weighted by atomic mass is 9.82. The first kappa shape index (κ1) is 78.6. The lowest BCUT2D eigenvalue weighted by Gasteiger charge is -2.21. The molecule has 17 aromatic carbocycles. The minimum atomic E-state index is -0.0720. The van der Waals surface area contributed by atoms with Gasteiger partial charge in [-0.1, -0.05) is 381 Å². The van der Waals surface area contributed by atoms with E-state index in [0.29, 0.717) is 52.5 Å². The zero-order valence-electron chi connectivity index (χ0n) is 73.6. The number of nitrogens with zero attached hydrogens (tertiary/aromatic N) is 12. The van der Waals surface area contributed by atoms with Crippen molar-refractivity contribution in [1.82, 2.24) is 58.6 Å². The van der Waals surface area contributed by atoms with E-state index >= 15 is 0 Å². The molecule has 626 valence electrons. The maximum absolute atomic E-state index is 5.08. The van der Waals surface area contributed by atoms with Gasteiger partial charge in [0.25, 0.3) is 0 Å². The fourth-order valence-corrected chi connectivity index (χ4v) is 20.8. The van der Waals surface area contributed by atoms with Gasteiger partial charge in [-0.3, -0.25) is 4.57 Å². The first-order valence-electron chi connectivity index (χ1n) is 45.1. The molecule has 0 saturated carbocycles. The van der Waals surface area contributed by atoms with Gasteiger partial charge >= 0.3 is 0 Å². The molecule has 23 aromatic rings. The molecule has 12 nitrogen and oxygen atoms in total. The van der Waals surface area contributed by atoms with Crippen LogP contribution in [0.3, 0.4) is 0 Å². The smallest absolute Gasteiger partial charge is 0.238 e. The third kappa shape index (κ3) is 12.9. The minimum absolute atomic E-state index is 0.0489. The third-order valence-electron chi connectivity index (χ3n) is 27.2. The highest BCUT2D eigenvalue weighted by molar-refractivity contribution is 6.21. The summed E-state index contributed by atoms with van der Waals surface area (Å²) >= 11 is 0. The molecule has 0 aliphatic heterocycles. The van der Waals surface area contributed by atoms with Crippen molar-refractivity contribution in [3.05, 3.63) is 446 Å². The van der Waals surface area contributed by atoms with Crippen molar-refractivity contribution in [2.45, 2.75) is 57.8 Å². The zero-order chi connectivity index (χ0) is 88.5. The van der Waals surface area contributed by atoms with E-state index in [1.165, 1.54) is 121 Å². The molecule has 0 fully saturated rings. The minimum Gasteiger partial charge on any atom is -0.309 e. The third-order valence-corrected chi connectivity index (χ3v) is 27.2. The monoisotopic (exact) mass is 1690 g/mol. The summed E-state index contributed by atoms with van der Waals surface area (Å²) in [5, 5.41) is 7.58.